The van der Waals surface area contributed by atoms with E-state index in [1.807, 2.05) is 0 Å². The summed E-state index contributed by atoms with van der Waals surface area (Å²) in [5, 5.41) is 3.56. The number of ether oxygens (including phenoxy) is 1. The van der Waals surface area contributed by atoms with Gasteiger partial charge in [0.2, 0.25) is 0 Å². The molecule has 0 bridgehead atoms. The molecule has 112 valence electrons. The Morgan fingerprint density at radius 3 is 2.68 bits per heavy atom. The minimum Gasteiger partial charge on any atom is -0.379 e. The van der Waals surface area contributed by atoms with Gasteiger partial charge in [0.15, 0.2) is 0 Å². The number of likely N-dealkylation sites (tertiary alicyclic amines) is 1. The van der Waals surface area contributed by atoms with Gasteiger partial charge in [-0.1, -0.05) is 6.92 Å². The molecule has 0 aromatic carbocycles. The normalized spacial score (nSPS) is 26.1. The maximum absolute atomic E-state index is 5.38. The summed E-state index contributed by atoms with van der Waals surface area (Å²) in [6.45, 7) is 13.9. The monoisotopic (exact) mass is 269 g/mol. The number of rotatable bonds is 8. The Bertz CT molecular complexity index is 231. The predicted octanol–water partition coefficient (Wildman–Crippen LogP) is 1.03. The number of nitrogens with zero attached hydrogens (tertiary/aromatic N) is 2. The zero-order valence-electron chi connectivity index (χ0n) is 12.6. The molecule has 2 heterocycles. The Balaban J connectivity index is 1.50. The molecule has 0 aromatic heterocycles. The molecule has 19 heavy (non-hydrogen) atoms. The lowest BCUT2D eigenvalue weighted by Crippen LogP contribution is -2.38. The van der Waals surface area contributed by atoms with E-state index in [4.69, 9.17) is 4.74 Å². The van der Waals surface area contributed by atoms with Crippen molar-refractivity contribution in [3.63, 3.8) is 0 Å². The van der Waals surface area contributed by atoms with Crippen molar-refractivity contribution >= 4 is 0 Å². The van der Waals surface area contributed by atoms with Crippen LogP contribution in [-0.2, 0) is 4.74 Å². The molecule has 1 unspecified atom stereocenters. The second-order valence-electron chi connectivity index (χ2n) is 5.97. The SMILES string of the molecule is CCCNCC1CCN(CCCN2CCOCC2)C1. The zero-order valence-corrected chi connectivity index (χ0v) is 12.6. The molecule has 0 saturated carbocycles. The predicted molar refractivity (Wildman–Crippen MR) is 79.6 cm³/mol. The first kappa shape index (κ1) is 15.2. The Labute approximate surface area is 118 Å². The van der Waals surface area contributed by atoms with Crippen LogP contribution >= 0.6 is 0 Å². The van der Waals surface area contributed by atoms with E-state index in [-0.39, 0.29) is 0 Å². The topological polar surface area (TPSA) is 27.7 Å². The van der Waals surface area contributed by atoms with Crippen LogP contribution in [0.3, 0.4) is 0 Å². The first-order valence-electron chi connectivity index (χ1n) is 8.11. The first-order chi connectivity index (χ1) is 9.38. The molecule has 0 amide bonds. The van der Waals surface area contributed by atoms with Gasteiger partial charge in [-0.2, -0.15) is 0 Å². The van der Waals surface area contributed by atoms with Crippen molar-refractivity contribution in [1.82, 2.24) is 15.1 Å². The fourth-order valence-electron chi connectivity index (χ4n) is 3.11. The van der Waals surface area contributed by atoms with Crippen molar-refractivity contribution in [2.75, 3.05) is 65.6 Å². The van der Waals surface area contributed by atoms with Crippen LogP contribution in [0.5, 0.6) is 0 Å². The van der Waals surface area contributed by atoms with Crippen molar-refractivity contribution in [2.24, 2.45) is 5.92 Å². The van der Waals surface area contributed by atoms with Crippen LogP contribution in [0.2, 0.25) is 0 Å². The molecule has 1 atom stereocenters. The fourth-order valence-corrected chi connectivity index (χ4v) is 3.11. The van der Waals surface area contributed by atoms with Crippen molar-refractivity contribution in [1.29, 1.82) is 0 Å². The number of morpholine rings is 1. The fraction of sp³-hybridized carbons (Fsp3) is 1.00. The van der Waals surface area contributed by atoms with Gasteiger partial charge in [0, 0.05) is 19.6 Å². The molecule has 2 aliphatic rings. The van der Waals surface area contributed by atoms with E-state index >= 15 is 0 Å². The molecule has 2 rings (SSSR count). The summed E-state index contributed by atoms with van der Waals surface area (Å²) in [5.41, 5.74) is 0. The van der Waals surface area contributed by atoms with Gasteiger partial charge in [0.1, 0.15) is 0 Å². The van der Waals surface area contributed by atoms with Gasteiger partial charge in [0.05, 0.1) is 13.2 Å². The molecule has 4 heteroatoms. The Kier molecular flexibility index (Phi) is 7.14. The van der Waals surface area contributed by atoms with Gasteiger partial charge in [-0.15, -0.1) is 0 Å². The van der Waals surface area contributed by atoms with Gasteiger partial charge in [-0.3, -0.25) is 4.90 Å². The first-order valence-corrected chi connectivity index (χ1v) is 8.11. The van der Waals surface area contributed by atoms with Crippen LogP contribution in [0, 0.1) is 5.92 Å². The lowest BCUT2D eigenvalue weighted by molar-refractivity contribution is 0.0363. The van der Waals surface area contributed by atoms with Crippen LogP contribution in [0.1, 0.15) is 26.2 Å². The lowest BCUT2D eigenvalue weighted by atomic mass is 10.1. The molecule has 0 aliphatic carbocycles. The van der Waals surface area contributed by atoms with Crippen molar-refractivity contribution < 1.29 is 4.74 Å². The van der Waals surface area contributed by atoms with Crippen molar-refractivity contribution in [3.8, 4) is 0 Å². The highest BCUT2D eigenvalue weighted by molar-refractivity contribution is 4.77. The third-order valence-corrected chi connectivity index (χ3v) is 4.28. The Hall–Kier alpha value is -0.160. The minimum atomic E-state index is 0.884. The molecule has 2 aliphatic heterocycles. The van der Waals surface area contributed by atoms with Crippen molar-refractivity contribution in [3.05, 3.63) is 0 Å². The quantitative estimate of drug-likeness (QED) is 0.666. The smallest absolute Gasteiger partial charge is 0.0594 e. The Morgan fingerprint density at radius 2 is 1.89 bits per heavy atom. The molecule has 0 aromatic rings. The highest BCUT2D eigenvalue weighted by Gasteiger charge is 2.21. The highest BCUT2D eigenvalue weighted by atomic mass is 16.5. The maximum atomic E-state index is 5.38. The average molecular weight is 269 g/mol. The van der Waals surface area contributed by atoms with Gasteiger partial charge in [0.25, 0.3) is 0 Å². The van der Waals surface area contributed by atoms with Gasteiger partial charge in [-0.25, -0.2) is 0 Å². The van der Waals surface area contributed by atoms with Crippen molar-refractivity contribution in [2.45, 2.75) is 26.2 Å². The van der Waals surface area contributed by atoms with E-state index < -0.39 is 0 Å². The molecule has 0 radical (unpaired) electrons. The van der Waals surface area contributed by atoms with E-state index in [9.17, 15) is 0 Å². The maximum Gasteiger partial charge on any atom is 0.0594 e. The van der Waals surface area contributed by atoms with Gasteiger partial charge >= 0.3 is 0 Å². The number of nitrogens with one attached hydrogen (secondary N) is 1. The highest BCUT2D eigenvalue weighted by Crippen LogP contribution is 2.15. The molecule has 1 N–H and O–H groups in total. The second kappa shape index (κ2) is 8.90. The minimum absolute atomic E-state index is 0.884. The van der Waals surface area contributed by atoms with E-state index in [1.54, 1.807) is 0 Å². The summed E-state index contributed by atoms with van der Waals surface area (Å²) in [6, 6.07) is 0. The third kappa shape index (κ3) is 5.78. The molecule has 4 nitrogen and oxygen atoms in total. The average Bonchev–Trinajstić information content (AvgIpc) is 2.88. The van der Waals surface area contributed by atoms with Crippen LogP contribution in [0.25, 0.3) is 0 Å². The van der Waals surface area contributed by atoms with Gasteiger partial charge in [-0.05, 0) is 57.9 Å². The summed E-state index contributed by atoms with van der Waals surface area (Å²) < 4.78 is 5.38. The number of hydrogen-bond acceptors (Lipinski definition) is 4. The molecule has 2 fully saturated rings. The molecule has 0 spiro atoms. The number of hydrogen-bond donors (Lipinski definition) is 1. The molecular formula is C15H31N3O. The zero-order chi connectivity index (χ0) is 13.3. The molecular weight excluding hydrogens is 238 g/mol. The van der Waals surface area contributed by atoms with E-state index in [0.717, 1.165) is 32.2 Å². The van der Waals surface area contributed by atoms with Crippen LogP contribution in [0.4, 0.5) is 0 Å². The van der Waals surface area contributed by atoms with E-state index in [2.05, 4.69) is 22.0 Å². The summed E-state index contributed by atoms with van der Waals surface area (Å²) in [5.74, 6) is 0.884. The van der Waals surface area contributed by atoms with Crippen LogP contribution in [0.15, 0.2) is 0 Å². The van der Waals surface area contributed by atoms with Crippen LogP contribution < -0.4 is 5.32 Å². The standard InChI is InChI=1S/C15H31N3O/c1-2-5-16-13-15-4-8-18(14-15)7-3-6-17-9-11-19-12-10-17/h15-16H,2-14H2,1H3. The Morgan fingerprint density at radius 1 is 1.11 bits per heavy atom. The van der Waals surface area contributed by atoms with Crippen LogP contribution in [-0.4, -0.2) is 75.4 Å². The summed E-state index contributed by atoms with van der Waals surface area (Å²) in [4.78, 5) is 5.19. The van der Waals surface area contributed by atoms with E-state index in [1.165, 1.54) is 58.5 Å². The summed E-state index contributed by atoms with van der Waals surface area (Å²) in [7, 11) is 0. The largest absolute Gasteiger partial charge is 0.379 e. The molecule has 2 saturated heterocycles. The second-order valence-corrected chi connectivity index (χ2v) is 5.97. The van der Waals surface area contributed by atoms with Gasteiger partial charge < -0.3 is 15.0 Å². The summed E-state index contributed by atoms with van der Waals surface area (Å²) in [6.07, 6.45) is 3.94. The lowest BCUT2D eigenvalue weighted by Gasteiger charge is -2.27. The summed E-state index contributed by atoms with van der Waals surface area (Å²) >= 11 is 0. The third-order valence-electron chi connectivity index (χ3n) is 4.28. The van der Waals surface area contributed by atoms with E-state index in [0.29, 0.717) is 0 Å².